The fraction of sp³-hybridized carbons (Fsp3) is 0.222. The van der Waals surface area contributed by atoms with Crippen LogP contribution in [-0.2, 0) is 12.8 Å². The van der Waals surface area contributed by atoms with Crippen LogP contribution in [-0.4, -0.2) is 18.1 Å². The standard InChI is InChI=1S/C27H26N2O/c1-19-25(30-22-11-7-4-8-12-22)14-13-24-26(19)27-23(20(2)28-24)16-18-29(27)17-15-21-9-5-3-6-10-21/h3-14H,15-18H2,1-2H3. The second-order valence-corrected chi connectivity index (χ2v) is 7.99. The number of pyridine rings is 1. The fourth-order valence-electron chi connectivity index (χ4n) is 4.51. The Morgan fingerprint density at radius 3 is 2.40 bits per heavy atom. The third-order valence-corrected chi connectivity index (χ3v) is 6.07. The molecule has 0 radical (unpaired) electrons. The van der Waals surface area contributed by atoms with Crippen LogP contribution in [0.3, 0.4) is 0 Å². The number of ether oxygens (including phenoxy) is 1. The molecule has 30 heavy (non-hydrogen) atoms. The molecular weight excluding hydrogens is 368 g/mol. The van der Waals surface area contributed by atoms with Crippen molar-refractivity contribution in [2.75, 3.05) is 18.0 Å². The fourth-order valence-corrected chi connectivity index (χ4v) is 4.51. The Hall–Kier alpha value is -3.33. The van der Waals surface area contributed by atoms with Crippen LogP contribution >= 0.6 is 0 Å². The second-order valence-electron chi connectivity index (χ2n) is 7.99. The van der Waals surface area contributed by atoms with Crippen molar-refractivity contribution >= 4 is 16.6 Å². The summed E-state index contributed by atoms with van der Waals surface area (Å²) in [5.74, 6) is 1.76. The molecule has 0 atom stereocenters. The van der Waals surface area contributed by atoms with Gasteiger partial charge in [0, 0.05) is 29.7 Å². The molecule has 1 aromatic heterocycles. The molecule has 0 aliphatic carbocycles. The largest absolute Gasteiger partial charge is 0.457 e. The number of benzene rings is 3. The number of hydrogen-bond donors (Lipinski definition) is 0. The second kappa shape index (κ2) is 7.83. The lowest BCUT2D eigenvalue weighted by Gasteiger charge is -2.23. The molecule has 0 N–H and O–H groups in total. The molecule has 1 aliphatic rings. The molecule has 0 amide bonds. The highest BCUT2D eigenvalue weighted by Gasteiger charge is 2.26. The first-order valence-electron chi connectivity index (χ1n) is 10.7. The summed E-state index contributed by atoms with van der Waals surface area (Å²) in [4.78, 5) is 7.47. The van der Waals surface area contributed by atoms with E-state index >= 15 is 0 Å². The van der Waals surface area contributed by atoms with Gasteiger partial charge >= 0.3 is 0 Å². The smallest absolute Gasteiger partial charge is 0.131 e. The molecule has 4 aromatic rings. The molecule has 0 saturated carbocycles. The van der Waals surface area contributed by atoms with Crippen molar-refractivity contribution in [2.45, 2.75) is 26.7 Å². The van der Waals surface area contributed by atoms with Crippen LogP contribution in [0.25, 0.3) is 10.9 Å². The van der Waals surface area contributed by atoms with Crippen LogP contribution in [0, 0.1) is 13.8 Å². The normalized spacial score (nSPS) is 12.9. The summed E-state index contributed by atoms with van der Waals surface area (Å²) in [5.41, 5.74) is 7.48. The Kier molecular flexibility index (Phi) is 4.88. The van der Waals surface area contributed by atoms with Gasteiger partial charge in [0.05, 0.1) is 11.2 Å². The van der Waals surface area contributed by atoms with E-state index in [0.717, 1.165) is 54.2 Å². The predicted octanol–water partition coefficient (Wildman–Crippen LogP) is 6.25. The zero-order valence-electron chi connectivity index (χ0n) is 17.6. The van der Waals surface area contributed by atoms with E-state index in [-0.39, 0.29) is 0 Å². The summed E-state index contributed by atoms with van der Waals surface area (Å²) in [6.07, 6.45) is 2.10. The molecule has 3 heteroatoms. The molecular formula is C27H26N2O. The highest BCUT2D eigenvalue weighted by atomic mass is 16.5. The molecule has 3 nitrogen and oxygen atoms in total. The van der Waals surface area contributed by atoms with Gasteiger partial charge in [-0.15, -0.1) is 0 Å². The van der Waals surface area contributed by atoms with Crippen LogP contribution in [0.2, 0.25) is 0 Å². The van der Waals surface area contributed by atoms with Crippen molar-refractivity contribution in [3.8, 4) is 11.5 Å². The van der Waals surface area contributed by atoms with Gasteiger partial charge in [0.25, 0.3) is 0 Å². The van der Waals surface area contributed by atoms with Crippen LogP contribution in [0.15, 0.2) is 72.8 Å². The monoisotopic (exact) mass is 394 g/mol. The lowest BCUT2D eigenvalue weighted by atomic mass is 10.0. The van der Waals surface area contributed by atoms with E-state index in [1.807, 2.05) is 36.4 Å². The van der Waals surface area contributed by atoms with Gasteiger partial charge in [-0.05, 0) is 62.1 Å². The van der Waals surface area contributed by atoms with Crippen molar-refractivity contribution in [3.63, 3.8) is 0 Å². The summed E-state index contributed by atoms with van der Waals surface area (Å²) in [6.45, 7) is 6.36. The van der Waals surface area contributed by atoms with Crippen molar-refractivity contribution in [1.82, 2.24) is 4.98 Å². The molecule has 0 saturated heterocycles. The van der Waals surface area contributed by atoms with Gasteiger partial charge in [-0.1, -0.05) is 48.5 Å². The van der Waals surface area contributed by atoms with Crippen LogP contribution in [0.5, 0.6) is 11.5 Å². The number of rotatable bonds is 5. The van der Waals surface area contributed by atoms with Gasteiger partial charge in [-0.3, -0.25) is 4.98 Å². The molecule has 0 bridgehead atoms. The van der Waals surface area contributed by atoms with E-state index in [2.05, 4.69) is 55.1 Å². The van der Waals surface area contributed by atoms with E-state index in [4.69, 9.17) is 9.72 Å². The van der Waals surface area contributed by atoms with E-state index in [0.29, 0.717) is 0 Å². The zero-order chi connectivity index (χ0) is 20.5. The Bertz CT molecular complexity index is 1190. The first-order valence-corrected chi connectivity index (χ1v) is 10.7. The van der Waals surface area contributed by atoms with Gasteiger partial charge in [0.15, 0.2) is 0 Å². The molecule has 2 heterocycles. The Morgan fingerprint density at radius 1 is 0.900 bits per heavy atom. The van der Waals surface area contributed by atoms with Gasteiger partial charge in [-0.25, -0.2) is 0 Å². The first kappa shape index (κ1) is 18.7. The van der Waals surface area contributed by atoms with E-state index in [1.54, 1.807) is 0 Å². The zero-order valence-corrected chi connectivity index (χ0v) is 17.6. The summed E-state index contributed by atoms with van der Waals surface area (Å²) >= 11 is 0. The van der Waals surface area contributed by atoms with E-state index in [9.17, 15) is 0 Å². The molecule has 0 unspecified atom stereocenters. The highest BCUT2D eigenvalue weighted by molar-refractivity contribution is 5.98. The van der Waals surface area contributed by atoms with Crippen molar-refractivity contribution in [3.05, 3.63) is 95.2 Å². The van der Waals surface area contributed by atoms with Crippen LogP contribution in [0.4, 0.5) is 5.69 Å². The minimum atomic E-state index is 0.859. The number of fused-ring (bicyclic) bond motifs is 3. The summed E-state index contributed by atoms with van der Waals surface area (Å²) < 4.78 is 6.23. The Labute approximate surface area is 178 Å². The molecule has 0 spiro atoms. The quantitative estimate of drug-likeness (QED) is 0.400. The van der Waals surface area contributed by atoms with Crippen molar-refractivity contribution < 1.29 is 4.74 Å². The SMILES string of the molecule is Cc1nc2ccc(Oc3ccccc3)c(C)c2c2c1CCN2CCc1ccccc1. The number of para-hydroxylation sites is 1. The van der Waals surface area contributed by atoms with E-state index in [1.165, 1.54) is 22.2 Å². The van der Waals surface area contributed by atoms with Crippen molar-refractivity contribution in [1.29, 1.82) is 0 Å². The van der Waals surface area contributed by atoms with Gasteiger partial charge in [-0.2, -0.15) is 0 Å². The summed E-state index contributed by atoms with van der Waals surface area (Å²) in [7, 11) is 0. The Morgan fingerprint density at radius 2 is 1.63 bits per heavy atom. The Balaban J connectivity index is 1.55. The minimum Gasteiger partial charge on any atom is -0.457 e. The maximum atomic E-state index is 6.23. The lowest BCUT2D eigenvalue weighted by Crippen LogP contribution is -2.23. The highest BCUT2D eigenvalue weighted by Crippen LogP contribution is 2.41. The summed E-state index contributed by atoms with van der Waals surface area (Å²) in [5, 5.41) is 1.23. The van der Waals surface area contributed by atoms with Gasteiger partial charge in [0.2, 0.25) is 0 Å². The number of aryl methyl sites for hydroxylation is 2. The first-order chi connectivity index (χ1) is 14.7. The topological polar surface area (TPSA) is 25.4 Å². The average molecular weight is 395 g/mol. The third-order valence-electron chi connectivity index (χ3n) is 6.07. The van der Waals surface area contributed by atoms with Crippen LogP contribution in [0.1, 0.15) is 22.4 Å². The maximum absolute atomic E-state index is 6.23. The van der Waals surface area contributed by atoms with Crippen molar-refractivity contribution in [2.24, 2.45) is 0 Å². The molecule has 150 valence electrons. The third kappa shape index (κ3) is 3.41. The van der Waals surface area contributed by atoms with Gasteiger partial charge < -0.3 is 9.64 Å². The van der Waals surface area contributed by atoms with E-state index < -0.39 is 0 Å². The molecule has 1 aliphatic heterocycles. The molecule has 3 aromatic carbocycles. The minimum absolute atomic E-state index is 0.859. The average Bonchev–Trinajstić information content (AvgIpc) is 3.20. The number of aromatic nitrogens is 1. The van der Waals surface area contributed by atoms with Crippen LogP contribution < -0.4 is 9.64 Å². The molecule has 5 rings (SSSR count). The lowest BCUT2D eigenvalue weighted by molar-refractivity contribution is 0.480. The number of hydrogen-bond acceptors (Lipinski definition) is 3. The predicted molar refractivity (Wildman–Crippen MR) is 124 cm³/mol. The van der Waals surface area contributed by atoms with Gasteiger partial charge in [0.1, 0.15) is 11.5 Å². The summed E-state index contributed by atoms with van der Waals surface area (Å²) in [6, 6.07) is 24.9. The maximum Gasteiger partial charge on any atom is 0.131 e. The number of nitrogens with zero attached hydrogens (tertiary/aromatic N) is 2. The number of anilines is 1. The molecule has 0 fully saturated rings.